The van der Waals surface area contributed by atoms with Crippen molar-refractivity contribution in [3.05, 3.63) is 75.3 Å². The zero-order valence-corrected chi connectivity index (χ0v) is 18.2. The minimum absolute atomic E-state index is 0. The van der Waals surface area contributed by atoms with Crippen LogP contribution in [0.4, 0.5) is 5.13 Å². The first-order valence-electron chi connectivity index (χ1n) is 9.01. The number of ether oxygens (including phenoxy) is 1. The summed E-state index contributed by atoms with van der Waals surface area (Å²) in [4.78, 5) is 19.5. The Morgan fingerprint density at radius 3 is 2.86 bits per heavy atom. The van der Waals surface area contributed by atoms with E-state index in [0.29, 0.717) is 21.5 Å². The fourth-order valence-corrected chi connectivity index (χ4v) is 4.25. The molecule has 0 saturated heterocycles. The molecule has 0 saturated carbocycles. The van der Waals surface area contributed by atoms with E-state index in [1.807, 2.05) is 5.38 Å². The third kappa shape index (κ3) is 5.08. The minimum atomic E-state index is -0.285. The molecule has 4 rings (SSSR count). The van der Waals surface area contributed by atoms with Crippen LogP contribution >= 0.6 is 35.3 Å². The van der Waals surface area contributed by atoms with Crippen LogP contribution in [0.15, 0.2) is 47.8 Å². The maximum Gasteiger partial charge on any atom is 0.261 e. The Labute approximate surface area is 185 Å². The van der Waals surface area contributed by atoms with Gasteiger partial charge in [-0.05, 0) is 35.7 Å². The number of nitrogens with zero attached hydrogens (tertiary/aromatic N) is 2. The molecule has 2 heterocycles. The Hall–Kier alpha value is -2.12. The number of rotatable bonds is 5. The first-order valence-corrected chi connectivity index (χ1v) is 10.3. The lowest BCUT2D eigenvalue weighted by Crippen LogP contribution is -2.30. The van der Waals surface area contributed by atoms with Crippen molar-refractivity contribution < 1.29 is 9.53 Å². The van der Waals surface area contributed by atoms with Crippen LogP contribution in [-0.4, -0.2) is 29.4 Å². The molecule has 152 valence electrons. The van der Waals surface area contributed by atoms with E-state index in [4.69, 9.17) is 16.3 Å². The highest BCUT2D eigenvalue weighted by atomic mass is 35.5. The number of methoxy groups -OCH3 is 1. The summed E-state index contributed by atoms with van der Waals surface area (Å²) >= 11 is 7.44. The largest absolute Gasteiger partial charge is 0.496 e. The number of carbonyl (C=O) groups is 1. The molecule has 0 bridgehead atoms. The van der Waals surface area contributed by atoms with Crippen molar-refractivity contribution in [2.45, 2.75) is 19.5 Å². The Morgan fingerprint density at radius 1 is 1.28 bits per heavy atom. The van der Waals surface area contributed by atoms with Gasteiger partial charge < -0.3 is 4.74 Å². The topological polar surface area (TPSA) is 54.5 Å². The van der Waals surface area contributed by atoms with Crippen molar-refractivity contribution in [3.63, 3.8) is 0 Å². The van der Waals surface area contributed by atoms with Gasteiger partial charge in [-0.1, -0.05) is 35.9 Å². The molecule has 1 aromatic heterocycles. The van der Waals surface area contributed by atoms with Crippen LogP contribution < -0.4 is 10.1 Å². The van der Waals surface area contributed by atoms with E-state index >= 15 is 0 Å². The summed E-state index contributed by atoms with van der Waals surface area (Å²) in [6.07, 6.45) is 1.05. The van der Waals surface area contributed by atoms with Crippen molar-refractivity contribution in [1.29, 1.82) is 0 Å². The highest BCUT2D eigenvalue weighted by molar-refractivity contribution is 7.14. The number of benzene rings is 2. The smallest absolute Gasteiger partial charge is 0.261 e. The number of fused-ring (bicyclic) bond motifs is 1. The van der Waals surface area contributed by atoms with Crippen LogP contribution in [0.5, 0.6) is 5.75 Å². The number of carbonyl (C=O) groups excluding carboxylic acids is 1. The fourth-order valence-electron chi connectivity index (χ4n) is 3.38. The lowest BCUT2D eigenvalue weighted by molar-refractivity contribution is 0.102. The molecule has 0 spiro atoms. The Kier molecular flexibility index (Phi) is 7.14. The summed E-state index contributed by atoms with van der Waals surface area (Å²) in [5.41, 5.74) is 4.16. The van der Waals surface area contributed by atoms with Crippen LogP contribution in [0.2, 0.25) is 5.02 Å². The average Bonchev–Trinajstić information content (AvgIpc) is 3.14. The predicted octanol–water partition coefficient (Wildman–Crippen LogP) is 5.04. The molecule has 1 N–H and O–H groups in total. The zero-order valence-electron chi connectivity index (χ0n) is 15.9. The number of hydrogen-bond acceptors (Lipinski definition) is 5. The van der Waals surface area contributed by atoms with E-state index in [1.54, 1.807) is 18.2 Å². The molecule has 0 unspecified atom stereocenters. The Morgan fingerprint density at radius 2 is 2.07 bits per heavy atom. The molecule has 3 aromatic rings. The standard InChI is InChI=1S/C21H20ClN3O2S.ClH/c1-27-19-7-6-16(22)10-18(19)20(26)24-21-23-17(13-28-21)12-25-9-8-14-4-2-3-5-15(14)11-25;/h2-7,10,13H,8-9,11-12H2,1H3,(H,23,24,26);1H. The number of hydrogen-bond donors (Lipinski definition) is 1. The molecule has 0 radical (unpaired) electrons. The van der Waals surface area contributed by atoms with Crippen molar-refractivity contribution in [2.24, 2.45) is 0 Å². The van der Waals surface area contributed by atoms with Gasteiger partial charge in [-0.2, -0.15) is 0 Å². The molecule has 0 aliphatic carbocycles. The molecule has 8 heteroatoms. The van der Waals surface area contributed by atoms with Crippen LogP contribution in [0.1, 0.15) is 27.2 Å². The predicted molar refractivity (Wildman–Crippen MR) is 120 cm³/mol. The quantitative estimate of drug-likeness (QED) is 0.592. The maximum absolute atomic E-state index is 12.6. The summed E-state index contributed by atoms with van der Waals surface area (Å²) in [5, 5.41) is 5.89. The van der Waals surface area contributed by atoms with E-state index in [1.165, 1.54) is 29.6 Å². The van der Waals surface area contributed by atoms with Gasteiger partial charge in [0.2, 0.25) is 0 Å². The molecule has 1 aliphatic rings. The first kappa shape index (κ1) is 21.6. The van der Waals surface area contributed by atoms with Gasteiger partial charge in [-0.3, -0.25) is 15.0 Å². The Balaban J connectivity index is 0.00000240. The third-order valence-corrected chi connectivity index (χ3v) is 5.82. The lowest BCUT2D eigenvalue weighted by Gasteiger charge is -2.27. The Bertz CT molecular complexity index is 1010. The molecule has 5 nitrogen and oxygen atoms in total. The van der Waals surface area contributed by atoms with Gasteiger partial charge in [0, 0.05) is 30.0 Å². The molecule has 0 atom stereocenters. The van der Waals surface area contributed by atoms with Gasteiger partial charge in [-0.25, -0.2) is 4.98 Å². The van der Waals surface area contributed by atoms with Crippen LogP contribution in [0, 0.1) is 0 Å². The van der Waals surface area contributed by atoms with Crippen LogP contribution in [-0.2, 0) is 19.5 Å². The summed E-state index contributed by atoms with van der Waals surface area (Å²) in [7, 11) is 1.53. The second-order valence-electron chi connectivity index (χ2n) is 6.67. The summed E-state index contributed by atoms with van der Waals surface area (Å²) in [6.45, 7) is 2.70. The van der Waals surface area contributed by atoms with Crippen molar-refractivity contribution >= 4 is 46.4 Å². The van der Waals surface area contributed by atoms with Gasteiger partial charge in [0.15, 0.2) is 5.13 Å². The first-order chi connectivity index (χ1) is 13.6. The zero-order chi connectivity index (χ0) is 19.5. The van der Waals surface area contributed by atoms with Gasteiger partial charge in [0.1, 0.15) is 5.75 Å². The van der Waals surface area contributed by atoms with Gasteiger partial charge >= 0.3 is 0 Å². The molecule has 1 aliphatic heterocycles. The highest BCUT2D eigenvalue weighted by Crippen LogP contribution is 2.26. The molecule has 29 heavy (non-hydrogen) atoms. The molecule has 2 aromatic carbocycles. The van der Waals surface area contributed by atoms with Gasteiger partial charge in [-0.15, -0.1) is 23.7 Å². The third-order valence-electron chi connectivity index (χ3n) is 4.77. The number of thiazole rings is 1. The second kappa shape index (κ2) is 9.59. The normalized spacial score (nSPS) is 13.3. The number of anilines is 1. The van der Waals surface area contributed by atoms with Gasteiger partial charge in [0.05, 0.1) is 18.4 Å². The molecular formula is C21H21Cl2N3O2S. The minimum Gasteiger partial charge on any atom is -0.496 e. The summed E-state index contributed by atoms with van der Waals surface area (Å²) in [5.74, 6) is 0.192. The van der Waals surface area contributed by atoms with Gasteiger partial charge in [0.25, 0.3) is 5.91 Å². The fraction of sp³-hybridized carbons (Fsp3) is 0.238. The SMILES string of the molecule is COc1ccc(Cl)cc1C(=O)Nc1nc(CN2CCc3ccccc3C2)cs1.Cl. The summed E-state index contributed by atoms with van der Waals surface area (Å²) < 4.78 is 5.25. The number of amides is 1. The van der Waals surface area contributed by atoms with Crippen LogP contribution in [0.25, 0.3) is 0 Å². The molecular weight excluding hydrogens is 429 g/mol. The van der Waals surface area contributed by atoms with E-state index in [-0.39, 0.29) is 18.3 Å². The van der Waals surface area contributed by atoms with E-state index in [2.05, 4.69) is 39.5 Å². The number of aromatic nitrogens is 1. The van der Waals surface area contributed by atoms with Crippen LogP contribution in [0.3, 0.4) is 0 Å². The van der Waals surface area contributed by atoms with Crippen molar-refractivity contribution in [2.75, 3.05) is 19.0 Å². The summed E-state index contributed by atoms with van der Waals surface area (Å²) in [6, 6.07) is 13.5. The van der Waals surface area contributed by atoms with E-state index < -0.39 is 0 Å². The average molecular weight is 450 g/mol. The maximum atomic E-state index is 12.6. The van der Waals surface area contributed by atoms with E-state index in [9.17, 15) is 4.79 Å². The lowest BCUT2D eigenvalue weighted by atomic mass is 10.00. The number of halogens is 2. The highest BCUT2D eigenvalue weighted by Gasteiger charge is 2.18. The monoisotopic (exact) mass is 449 g/mol. The second-order valence-corrected chi connectivity index (χ2v) is 7.97. The van der Waals surface area contributed by atoms with Crippen molar-refractivity contribution in [3.8, 4) is 5.75 Å². The van der Waals surface area contributed by atoms with E-state index in [0.717, 1.165) is 31.7 Å². The molecule has 1 amide bonds. The van der Waals surface area contributed by atoms with Crippen molar-refractivity contribution in [1.82, 2.24) is 9.88 Å². The number of nitrogens with one attached hydrogen (secondary N) is 1. The molecule has 0 fully saturated rings.